The number of Topliss-reactive ketones (excluding diaryl/α,β-unsaturated/α-hetero) is 1. The smallest absolute Gasteiger partial charge is 0.253 e. The van der Waals surface area contributed by atoms with E-state index < -0.39 is 9.84 Å². The molecule has 0 N–H and O–H groups in total. The molecule has 1 fully saturated rings. The van der Waals surface area contributed by atoms with E-state index in [4.69, 9.17) is 16.7 Å². The number of rotatable bonds is 8. The Hall–Kier alpha value is -2.71. The van der Waals surface area contributed by atoms with Gasteiger partial charge in [0.2, 0.25) is 0 Å². The minimum atomic E-state index is -3.07. The molecule has 1 aliphatic heterocycles. The van der Waals surface area contributed by atoms with Gasteiger partial charge < -0.3 is 4.90 Å². The number of aromatic nitrogens is 2. The van der Waals surface area contributed by atoms with Crippen LogP contribution in [0, 0.1) is 12.8 Å². The number of likely N-dealkylation sites (tertiary alicyclic amines) is 1. The first-order valence-corrected chi connectivity index (χ1v) is 14.3. The second kappa shape index (κ2) is 10.5. The van der Waals surface area contributed by atoms with E-state index in [0.29, 0.717) is 41.6 Å². The maximum atomic E-state index is 12.7. The predicted octanol–water partition coefficient (Wildman–Crippen LogP) is 4.56. The van der Waals surface area contributed by atoms with E-state index in [1.807, 2.05) is 28.8 Å². The second-order valence-corrected chi connectivity index (χ2v) is 12.1. The number of carbonyl (C=O) groups excluding carboxylic acids is 2. The van der Waals surface area contributed by atoms with Crippen molar-refractivity contribution in [3.05, 3.63) is 64.3 Å². The summed E-state index contributed by atoms with van der Waals surface area (Å²) in [5, 5.41) is 6.26. The fraction of sp³-hybridized carbons (Fsp3) is 0.423. The summed E-state index contributed by atoms with van der Waals surface area (Å²) in [6, 6.07) is 10.6. The standard InChI is InChI=1S/C26H30ClN3O4S/c1-18-22(25(31)4-3-15-35(2,33)34)9-10-24-23(18)17-30(28-24)16-19-11-13-29(14-12-19)26(32)20-5-7-21(27)8-6-20/h5-10,17,19H,3-4,11-16H2,1-2H3. The largest absolute Gasteiger partial charge is 0.339 e. The van der Waals surface area contributed by atoms with Gasteiger partial charge in [-0.25, -0.2) is 8.42 Å². The molecule has 0 atom stereocenters. The highest BCUT2D eigenvalue weighted by atomic mass is 35.5. The first-order chi connectivity index (χ1) is 16.6. The highest BCUT2D eigenvalue weighted by molar-refractivity contribution is 7.90. The third-order valence-electron chi connectivity index (χ3n) is 6.66. The van der Waals surface area contributed by atoms with Crippen LogP contribution in [0.25, 0.3) is 10.9 Å². The molecular formula is C26H30ClN3O4S. The number of amides is 1. The van der Waals surface area contributed by atoms with Crippen molar-refractivity contribution < 1.29 is 18.0 Å². The van der Waals surface area contributed by atoms with Crippen LogP contribution in [0.2, 0.25) is 5.02 Å². The number of carbonyl (C=O) groups is 2. The molecule has 2 heterocycles. The lowest BCUT2D eigenvalue weighted by Gasteiger charge is -2.32. The first kappa shape index (κ1) is 25.4. The summed E-state index contributed by atoms with van der Waals surface area (Å²) in [5.41, 5.74) is 3.00. The molecule has 0 radical (unpaired) electrons. The monoisotopic (exact) mass is 515 g/mol. The number of hydrogen-bond donors (Lipinski definition) is 0. The van der Waals surface area contributed by atoms with Crippen LogP contribution in [-0.4, -0.2) is 59.9 Å². The van der Waals surface area contributed by atoms with Crippen LogP contribution >= 0.6 is 11.6 Å². The van der Waals surface area contributed by atoms with E-state index >= 15 is 0 Å². The Morgan fingerprint density at radius 1 is 1.09 bits per heavy atom. The summed E-state index contributed by atoms with van der Waals surface area (Å²) in [6.07, 6.45) is 5.51. The van der Waals surface area contributed by atoms with Crippen molar-refractivity contribution in [1.82, 2.24) is 14.7 Å². The number of piperidine rings is 1. The van der Waals surface area contributed by atoms with Gasteiger partial charge in [-0.15, -0.1) is 0 Å². The summed E-state index contributed by atoms with van der Waals surface area (Å²) < 4.78 is 24.6. The van der Waals surface area contributed by atoms with E-state index in [2.05, 4.69) is 0 Å². The van der Waals surface area contributed by atoms with Crippen LogP contribution in [0.4, 0.5) is 0 Å². The zero-order chi connectivity index (χ0) is 25.2. The molecule has 1 aromatic heterocycles. The van der Waals surface area contributed by atoms with Gasteiger partial charge in [0.1, 0.15) is 9.84 Å². The Kier molecular flexibility index (Phi) is 7.62. The molecule has 0 aliphatic carbocycles. The fourth-order valence-electron chi connectivity index (χ4n) is 4.66. The molecule has 35 heavy (non-hydrogen) atoms. The van der Waals surface area contributed by atoms with Crippen molar-refractivity contribution in [2.45, 2.75) is 39.2 Å². The number of benzene rings is 2. The highest BCUT2D eigenvalue weighted by Crippen LogP contribution is 2.25. The van der Waals surface area contributed by atoms with Gasteiger partial charge in [0, 0.05) is 60.0 Å². The van der Waals surface area contributed by atoms with Gasteiger partial charge in [-0.3, -0.25) is 14.3 Å². The summed E-state index contributed by atoms with van der Waals surface area (Å²) in [5.74, 6) is 0.422. The Balaban J connectivity index is 1.37. The molecule has 0 bridgehead atoms. The summed E-state index contributed by atoms with van der Waals surface area (Å²) in [7, 11) is -3.07. The van der Waals surface area contributed by atoms with Crippen molar-refractivity contribution in [3.8, 4) is 0 Å². The van der Waals surface area contributed by atoms with Gasteiger partial charge in [-0.2, -0.15) is 5.10 Å². The first-order valence-electron chi connectivity index (χ1n) is 11.8. The minimum Gasteiger partial charge on any atom is -0.339 e. The van der Waals surface area contributed by atoms with E-state index in [1.165, 1.54) is 6.26 Å². The minimum absolute atomic E-state index is 0.0160. The van der Waals surface area contributed by atoms with E-state index in [1.54, 1.807) is 30.3 Å². The van der Waals surface area contributed by atoms with Gasteiger partial charge in [-0.1, -0.05) is 11.6 Å². The third-order valence-corrected chi connectivity index (χ3v) is 7.95. The molecule has 0 unspecified atom stereocenters. The maximum Gasteiger partial charge on any atom is 0.253 e. The molecular weight excluding hydrogens is 486 g/mol. The normalized spacial score (nSPS) is 15.0. The Morgan fingerprint density at radius 3 is 2.43 bits per heavy atom. The lowest BCUT2D eigenvalue weighted by atomic mass is 9.96. The molecule has 3 aromatic rings. The van der Waals surface area contributed by atoms with Crippen molar-refractivity contribution in [2.24, 2.45) is 5.92 Å². The number of hydrogen-bond acceptors (Lipinski definition) is 5. The molecule has 1 amide bonds. The highest BCUT2D eigenvalue weighted by Gasteiger charge is 2.24. The second-order valence-electron chi connectivity index (χ2n) is 9.42. The molecule has 2 aromatic carbocycles. The van der Waals surface area contributed by atoms with E-state index in [9.17, 15) is 18.0 Å². The van der Waals surface area contributed by atoms with Gasteiger partial charge >= 0.3 is 0 Å². The molecule has 0 spiro atoms. The molecule has 4 rings (SSSR count). The van der Waals surface area contributed by atoms with Gasteiger partial charge in [0.05, 0.1) is 11.3 Å². The number of halogens is 1. The molecule has 186 valence electrons. The Bertz CT molecular complexity index is 1340. The Labute approximate surface area is 211 Å². The van der Waals surface area contributed by atoms with Gasteiger partial charge in [-0.05, 0) is 74.1 Å². The van der Waals surface area contributed by atoms with Crippen LogP contribution in [0.15, 0.2) is 42.6 Å². The number of ketones is 1. The van der Waals surface area contributed by atoms with Crippen molar-refractivity contribution in [2.75, 3.05) is 25.1 Å². The van der Waals surface area contributed by atoms with Crippen LogP contribution in [0.1, 0.15) is 52.0 Å². The number of nitrogens with zero attached hydrogens (tertiary/aromatic N) is 3. The third kappa shape index (κ3) is 6.30. The fourth-order valence-corrected chi connectivity index (χ4v) is 5.46. The van der Waals surface area contributed by atoms with Crippen LogP contribution in [0.3, 0.4) is 0 Å². The zero-order valence-electron chi connectivity index (χ0n) is 20.0. The average Bonchev–Trinajstić information content (AvgIpc) is 3.22. The van der Waals surface area contributed by atoms with Crippen LogP contribution in [-0.2, 0) is 16.4 Å². The SMILES string of the molecule is Cc1c(C(=O)CCCS(C)(=O)=O)ccc2nn(CC3CCN(C(=O)c4ccc(Cl)cc4)CC3)cc12. The van der Waals surface area contributed by atoms with Crippen molar-refractivity contribution in [1.29, 1.82) is 0 Å². The lowest BCUT2D eigenvalue weighted by Crippen LogP contribution is -2.39. The molecule has 0 saturated carbocycles. The summed E-state index contributed by atoms with van der Waals surface area (Å²) in [6.45, 7) is 4.09. The molecule has 1 aliphatic rings. The van der Waals surface area contributed by atoms with E-state index in [-0.39, 0.29) is 23.9 Å². The van der Waals surface area contributed by atoms with E-state index in [0.717, 1.165) is 35.9 Å². The molecule has 9 heteroatoms. The lowest BCUT2D eigenvalue weighted by molar-refractivity contribution is 0.0681. The quantitative estimate of drug-likeness (QED) is 0.410. The summed E-state index contributed by atoms with van der Waals surface area (Å²) >= 11 is 5.93. The number of fused-ring (bicyclic) bond motifs is 1. The number of sulfone groups is 1. The summed E-state index contributed by atoms with van der Waals surface area (Å²) in [4.78, 5) is 27.3. The van der Waals surface area contributed by atoms with Crippen LogP contribution < -0.4 is 0 Å². The van der Waals surface area contributed by atoms with Crippen molar-refractivity contribution in [3.63, 3.8) is 0 Å². The maximum absolute atomic E-state index is 12.7. The predicted molar refractivity (Wildman–Crippen MR) is 138 cm³/mol. The van der Waals surface area contributed by atoms with Crippen LogP contribution in [0.5, 0.6) is 0 Å². The van der Waals surface area contributed by atoms with Gasteiger partial charge in [0.25, 0.3) is 5.91 Å². The molecule has 7 nitrogen and oxygen atoms in total. The zero-order valence-corrected chi connectivity index (χ0v) is 21.6. The molecule has 1 saturated heterocycles. The Morgan fingerprint density at radius 2 is 1.77 bits per heavy atom. The van der Waals surface area contributed by atoms with Crippen molar-refractivity contribution >= 4 is 44.0 Å². The topological polar surface area (TPSA) is 89.3 Å². The number of aryl methyl sites for hydroxylation is 1. The van der Waals surface area contributed by atoms with Gasteiger partial charge in [0.15, 0.2) is 5.78 Å². The average molecular weight is 516 g/mol.